The summed E-state index contributed by atoms with van der Waals surface area (Å²) in [6.45, 7) is 0. The van der Waals surface area contributed by atoms with E-state index in [-0.39, 0.29) is 6.42 Å². The molecule has 1 fully saturated rings. The maximum absolute atomic E-state index is 10.5. The van der Waals surface area contributed by atoms with Crippen molar-refractivity contribution in [2.45, 2.75) is 25.2 Å². The Kier molecular flexibility index (Phi) is 3.88. The Morgan fingerprint density at radius 1 is 1.38 bits per heavy atom. The summed E-state index contributed by atoms with van der Waals surface area (Å²) in [4.78, 5) is 10.5. The molecule has 0 amide bonds. The van der Waals surface area contributed by atoms with E-state index in [0.29, 0.717) is 5.92 Å². The summed E-state index contributed by atoms with van der Waals surface area (Å²) in [6, 6.07) is 8.46. The van der Waals surface area contributed by atoms with Crippen molar-refractivity contribution in [2.75, 3.05) is 11.5 Å². The van der Waals surface area contributed by atoms with E-state index in [1.165, 1.54) is 22.6 Å². The van der Waals surface area contributed by atoms with Crippen molar-refractivity contribution in [1.82, 2.24) is 0 Å². The quantitative estimate of drug-likeness (QED) is 0.854. The molecule has 2 rings (SSSR count). The van der Waals surface area contributed by atoms with Crippen molar-refractivity contribution in [3.8, 4) is 0 Å². The molecule has 1 saturated heterocycles. The third kappa shape index (κ3) is 2.79. The molecule has 1 N–H and O–H groups in total. The number of carboxylic acids is 1. The first-order valence-electron chi connectivity index (χ1n) is 5.64. The number of thioether (sulfide) groups is 1. The molecule has 86 valence electrons. The van der Waals surface area contributed by atoms with Gasteiger partial charge < -0.3 is 5.11 Å². The Labute approximate surface area is 100 Å². The summed E-state index contributed by atoms with van der Waals surface area (Å²) >= 11 is 1.98. The van der Waals surface area contributed by atoms with Gasteiger partial charge in [0.25, 0.3) is 0 Å². The highest BCUT2D eigenvalue weighted by Crippen LogP contribution is 2.35. The van der Waals surface area contributed by atoms with Gasteiger partial charge in [0.05, 0.1) is 0 Å². The molecule has 0 unspecified atom stereocenters. The lowest BCUT2D eigenvalue weighted by atomic mass is 9.93. The van der Waals surface area contributed by atoms with Gasteiger partial charge in [0.15, 0.2) is 0 Å². The minimum absolute atomic E-state index is 0.272. The molecule has 0 aromatic heterocycles. The smallest absolute Gasteiger partial charge is 0.303 e. The second-order valence-electron chi connectivity index (χ2n) is 4.18. The fourth-order valence-electron chi connectivity index (χ4n) is 2.01. The van der Waals surface area contributed by atoms with Gasteiger partial charge in [-0.05, 0) is 24.0 Å². The third-order valence-electron chi connectivity index (χ3n) is 2.97. The zero-order chi connectivity index (χ0) is 11.4. The molecule has 1 aromatic rings. The number of carboxylic acid groups (broad SMARTS) is 1. The molecule has 16 heavy (non-hydrogen) atoms. The summed E-state index contributed by atoms with van der Waals surface area (Å²) in [5, 5.41) is 8.62. The van der Waals surface area contributed by atoms with E-state index < -0.39 is 5.97 Å². The van der Waals surface area contributed by atoms with E-state index in [1.807, 2.05) is 17.8 Å². The lowest BCUT2D eigenvalue weighted by molar-refractivity contribution is -0.137. The van der Waals surface area contributed by atoms with E-state index in [4.69, 9.17) is 5.11 Å². The molecule has 1 aromatic carbocycles. The molecule has 0 aliphatic carbocycles. The zero-order valence-corrected chi connectivity index (χ0v) is 10.0. The molecule has 2 nitrogen and oxygen atoms in total. The van der Waals surface area contributed by atoms with Crippen molar-refractivity contribution < 1.29 is 9.90 Å². The maximum Gasteiger partial charge on any atom is 0.303 e. The van der Waals surface area contributed by atoms with Crippen LogP contribution >= 0.6 is 11.8 Å². The average molecular weight is 236 g/mol. The number of aryl methyl sites for hydroxylation is 1. The van der Waals surface area contributed by atoms with Crippen LogP contribution in [0.1, 0.15) is 29.9 Å². The lowest BCUT2D eigenvalue weighted by Crippen LogP contribution is -2.17. The molecule has 0 radical (unpaired) electrons. The Morgan fingerprint density at radius 2 is 2.12 bits per heavy atom. The van der Waals surface area contributed by atoms with Crippen molar-refractivity contribution in [1.29, 1.82) is 0 Å². The molecule has 1 aliphatic heterocycles. The van der Waals surface area contributed by atoms with Gasteiger partial charge in [0, 0.05) is 23.8 Å². The highest BCUT2D eigenvalue weighted by molar-refractivity contribution is 8.00. The molecule has 0 spiro atoms. The van der Waals surface area contributed by atoms with Crippen LogP contribution in [0.3, 0.4) is 0 Å². The summed E-state index contributed by atoms with van der Waals surface area (Å²) < 4.78 is 0. The Hall–Kier alpha value is -0.960. The van der Waals surface area contributed by atoms with Crippen molar-refractivity contribution >= 4 is 17.7 Å². The van der Waals surface area contributed by atoms with Crippen LogP contribution in [0.4, 0.5) is 0 Å². The van der Waals surface area contributed by atoms with Crippen LogP contribution in [0.5, 0.6) is 0 Å². The van der Waals surface area contributed by atoms with Crippen LogP contribution in [-0.2, 0) is 11.2 Å². The third-order valence-corrected chi connectivity index (χ3v) is 4.25. The number of benzene rings is 1. The van der Waals surface area contributed by atoms with Crippen LogP contribution in [0.25, 0.3) is 0 Å². The maximum atomic E-state index is 10.5. The van der Waals surface area contributed by atoms with E-state index in [9.17, 15) is 4.79 Å². The SMILES string of the molecule is O=C(O)CCCc1ccccc1C1CSC1. The molecule has 1 heterocycles. The van der Waals surface area contributed by atoms with Gasteiger partial charge in [-0.15, -0.1) is 0 Å². The number of carbonyl (C=O) groups is 1. The van der Waals surface area contributed by atoms with E-state index in [0.717, 1.165) is 12.8 Å². The summed E-state index contributed by atoms with van der Waals surface area (Å²) in [5.74, 6) is 2.44. The van der Waals surface area contributed by atoms with Crippen molar-refractivity contribution in [3.05, 3.63) is 35.4 Å². The molecule has 3 heteroatoms. The minimum Gasteiger partial charge on any atom is -0.481 e. The van der Waals surface area contributed by atoms with Crippen LogP contribution in [0, 0.1) is 0 Å². The van der Waals surface area contributed by atoms with Gasteiger partial charge in [0.2, 0.25) is 0 Å². The van der Waals surface area contributed by atoms with E-state index in [2.05, 4.69) is 18.2 Å². The van der Waals surface area contributed by atoms with Crippen LogP contribution < -0.4 is 0 Å². The molecule has 0 bridgehead atoms. The predicted octanol–water partition coefficient (Wildman–Crippen LogP) is 2.92. The van der Waals surface area contributed by atoms with Gasteiger partial charge in [-0.25, -0.2) is 0 Å². The first-order valence-corrected chi connectivity index (χ1v) is 6.80. The summed E-state index contributed by atoms with van der Waals surface area (Å²) in [6.07, 6.45) is 1.91. The van der Waals surface area contributed by atoms with Crippen LogP contribution in [0.15, 0.2) is 24.3 Å². The van der Waals surface area contributed by atoms with Crippen LogP contribution in [-0.4, -0.2) is 22.6 Å². The second-order valence-corrected chi connectivity index (χ2v) is 5.26. The molecular weight excluding hydrogens is 220 g/mol. The second kappa shape index (κ2) is 5.39. The van der Waals surface area contributed by atoms with Gasteiger partial charge >= 0.3 is 5.97 Å². The van der Waals surface area contributed by atoms with Gasteiger partial charge in [-0.3, -0.25) is 4.79 Å². The van der Waals surface area contributed by atoms with Crippen LogP contribution in [0.2, 0.25) is 0 Å². The van der Waals surface area contributed by atoms with Gasteiger partial charge in [0.1, 0.15) is 0 Å². The average Bonchev–Trinajstić information content (AvgIpc) is 2.17. The first kappa shape index (κ1) is 11.5. The number of rotatable bonds is 5. The number of aliphatic carboxylic acids is 1. The Bertz CT molecular complexity index is 372. The summed E-state index contributed by atoms with van der Waals surface area (Å²) in [7, 11) is 0. The van der Waals surface area contributed by atoms with Crippen molar-refractivity contribution in [2.24, 2.45) is 0 Å². The fraction of sp³-hybridized carbons (Fsp3) is 0.462. The Morgan fingerprint density at radius 3 is 2.75 bits per heavy atom. The standard InChI is InChI=1S/C13H16O2S/c14-13(15)7-3-5-10-4-1-2-6-12(10)11-8-16-9-11/h1-2,4,6,11H,3,5,7-9H2,(H,14,15). The minimum atomic E-state index is -0.698. The zero-order valence-electron chi connectivity index (χ0n) is 9.19. The highest BCUT2D eigenvalue weighted by atomic mass is 32.2. The topological polar surface area (TPSA) is 37.3 Å². The first-order chi connectivity index (χ1) is 7.77. The molecular formula is C13H16O2S. The van der Waals surface area contributed by atoms with E-state index in [1.54, 1.807) is 0 Å². The number of hydrogen-bond donors (Lipinski definition) is 1. The molecule has 0 saturated carbocycles. The fourth-order valence-corrected chi connectivity index (χ4v) is 2.84. The number of hydrogen-bond acceptors (Lipinski definition) is 2. The lowest BCUT2D eigenvalue weighted by Gasteiger charge is -2.27. The monoisotopic (exact) mass is 236 g/mol. The summed E-state index contributed by atoms with van der Waals surface area (Å²) in [5.41, 5.74) is 2.78. The van der Waals surface area contributed by atoms with Gasteiger partial charge in [-0.1, -0.05) is 24.3 Å². The predicted molar refractivity (Wildman–Crippen MR) is 67.1 cm³/mol. The normalized spacial score (nSPS) is 15.8. The molecule has 0 atom stereocenters. The largest absolute Gasteiger partial charge is 0.481 e. The van der Waals surface area contributed by atoms with E-state index >= 15 is 0 Å². The highest BCUT2D eigenvalue weighted by Gasteiger charge is 2.22. The Balaban J connectivity index is 1.98. The van der Waals surface area contributed by atoms with Gasteiger partial charge in [-0.2, -0.15) is 11.8 Å². The van der Waals surface area contributed by atoms with Crippen molar-refractivity contribution in [3.63, 3.8) is 0 Å². The molecule has 1 aliphatic rings.